The van der Waals surface area contributed by atoms with E-state index in [-0.39, 0.29) is 17.7 Å². The van der Waals surface area contributed by atoms with E-state index >= 15 is 0 Å². The van der Waals surface area contributed by atoms with E-state index in [9.17, 15) is 14.4 Å². The lowest BCUT2D eigenvalue weighted by atomic mass is 10.2. The monoisotopic (exact) mass is 301 g/mol. The van der Waals surface area contributed by atoms with Crippen LogP contribution in [-0.2, 0) is 14.4 Å². The topological polar surface area (TPSA) is 87.3 Å². The van der Waals surface area contributed by atoms with E-state index in [1.165, 1.54) is 6.08 Å². The van der Waals surface area contributed by atoms with Gasteiger partial charge >= 0.3 is 0 Å². The predicted octanol–water partition coefficient (Wildman–Crippen LogP) is 0.762. The summed E-state index contributed by atoms with van der Waals surface area (Å²) in [5, 5.41) is 2.53. The van der Waals surface area contributed by atoms with Crippen LogP contribution >= 0.6 is 0 Å². The molecular weight excluding hydrogens is 282 g/mol. The number of hydrazine groups is 1. The molecule has 3 amide bonds. The van der Waals surface area contributed by atoms with Gasteiger partial charge in [0.15, 0.2) is 0 Å². The minimum atomic E-state index is -0.743. The molecule has 1 aliphatic carbocycles. The van der Waals surface area contributed by atoms with Gasteiger partial charge in [0.05, 0.1) is 0 Å². The molecule has 0 bridgehead atoms. The van der Waals surface area contributed by atoms with Gasteiger partial charge in [0.25, 0.3) is 5.91 Å². The van der Waals surface area contributed by atoms with Gasteiger partial charge in [-0.05, 0) is 31.4 Å². The quantitative estimate of drug-likeness (QED) is 0.554. The first kappa shape index (κ1) is 15.8. The van der Waals surface area contributed by atoms with Crippen LogP contribution in [0.2, 0.25) is 0 Å². The number of hydrogen-bond donors (Lipinski definition) is 3. The molecule has 0 saturated heterocycles. The molecule has 3 N–H and O–H groups in total. The highest BCUT2D eigenvalue weighted by Crippen LogP contribution is 2.28. The van der Waals surface area contributed by atoms with Crippen LogP contribution in [0, 0.1) is 5.92 Å². The van der Waals surface area contributed by atoms with E-state index in [1.807, 2.05) is 30.3 Å². The Morgan fingerprint density at radius 3 is 2.45 bits per heavy atom. The number of amides is 3. The molecule has 6 nitrogen and oxygen atoms in total. The summed E-state index contributed by atoms with van der Waals surface area (Å²) >= 11 is 0. The minimum absolute atomic E-state index is 0.0130. The first-order valence-corrected chi connectivity index (χ1v) is 7.19. The highest BCUT2D eigenvalue weighted by Gasteiger charge is 2.30. The van der Waals surface area contributed by atoms with Crippen molar-refractivity contribution < 1.29 is 14.4 Å². The van der Waals surface area contributed by atoms with Gasteiger partial charge in [0.2, 0.25) is 11.8 Å². The average Bonchev–Trinajstić information content (AvgIpc) is 3.36. The van der Waals surface area contributed by atoms with Gasteiger partial charge in [-0.1, -0.05) is 30.3 Å². The third-order valence-electron chi connectivity index (χ3n) is 3.24. The third-order valence-corrected chi connectivity index (χ3v) is 3.24. The van der Waals surface area contributed by atoms with Gasteiger partial charge in [-0.2, -0.15) is 0 Å². The predicted molar refractivity (Wildman–Crippen MR) is 82.1 cm³/mol. The number of hydrogen-bond acceptors (Lipinski definition) is 3. The lowest BCUT2D eigenvalue weighted by Crippen LogP contribution is -2.51. The molecule has 0 aromatic heterocycles. The molecule has 1 unspecified atom stereocenters. The van der Waals surface area contributed by atoms with Crippen LogP contribution in [-0.4, -0.2) is 23.8 Å². The molecule has 22 heavy (non-hydrogen) atoms. The smallest absolute Gasteiger partial charge is 0.260 e. The van der Waals surface area contributed by atoms with Gasteiger partial charge in [-0.3, -0.25) is 25.2 Å². The molecule has 1 saturated carbocycles. The van der Waals surface area contributed by atoms with Crippen LogP contribution in [0.3, 0.4) is 0 Å². The van der Waals surface area contributed by atoms with Gasteiger partial charge in [0.1, 0.15) is 6.04 Å². The van der Waals surface area contributed by atoms with Crippen LogP contribution in [0.5, 0.6) is 0 Å². The van der Waals surface area contributed by atoms with Crippen molar-refractivity contribution in [3.63, 3.8) is 0 Å². The Labute approximate surface area is 128 Å². The molecule has 0 spiro atoms. The zero-order chi connectivity index (χ0) is 15.9. The summed E-state index contributed by atoms with van der Waals surface area (Å²) in [5.41, 5.74) is 5.55. The molecule has 1 aliphatic rings. The maximum Gasteiger partial charge on any atom is 0.260 e. The Balaban J connectivity index is 1.74. The first-order chi connectivity index (χ1) is 10.6. The third kappa shape index (κ3) is 5.05. The fraction of sp³-hybridized carbons (Fsp3) is 0.312. The number of carbonyl (C=O) groups excluding carboxylic acids is 3. The second-order valence-corrected chi connectivity index (χ2v) is 5.23. The second-order valence-electron chi connectivity index (χ2n) is 5.23. The highest BCUT2D eigenvalue weighted by atomic mass is 16.2. The number of rotatable bonds is 5. The summed E-state index contributed by atoms with van der Waals surface area (Å²) in [6.45, 7) is 1.55. The molecule has 1 aromatic rings. The fourth-order valence-corrected chi connectivity index (χ4v) is 1.74. The van der Waals surface area contributed by atoms with Crippen molar-refractivity contribution in [1.82, 2.24) is 16.2 Å². The van der Waals surface area contributed by atoms with E-state index in [0.717, 1.165) is 18.4 Å². The van der Waals surface area contributed by atoms with Crippen LogP contribution in [0.1, 0.15) is 25.3 Å². The van der Waals surface area contributed by atoms with Gasteiger partial charge in [-0.25, -0.2) is 0 Å². The SMILES string of the molecule is CC(NC(=O)/C=C/c1ccccc1)C(=O)NNC(=O)C1CC1. The molecular formula is C16H19N3O3. The van der Waals surface area contributed by atoms with Gasteiger partial charge in [-0.15, -0.1) is 0 Å². The van der Waals surface area contributed by atoms with Crippen LogP contribution < -0.4 is 16.2 Å². The summed E-state index contributed by atoms with van der Waals surface area (Å²) in [6, 6.07) is 8.62. The highest BCUT2D eigenvalue weighted by molar-refractivity contribution is 5.95. The number of carbonyl (C=O) groups is 3. The molecule has 116 valence electrons. The van der Waals surface area contributed by atoms with Crippen molar-refractivity contribution in [1.29, 1.82) is 0 Å². The maximum absolute atomic E-state index is 11.7. The van der Waals surface area contributed by atoms with Crippen molar-refractivity contribution in [2.45, 2.75) is 25.8 Å². The Bertz CT molecular complexity index is 580. The molecule has 0 heterocycles. The molecule has 1 fully saturated rings. The normalized spacial score (nSPS) is 15.1. The molecule has 0 aliphatic heterocycles. The fourth-order valence-electron chi connectivity index (χ4n) is 1.74. The summed E-state index contributed by atoms with van der Waals surface area (Å²) in [5.74, 6) is -1.01. The average molecular weight is 301 g/mol. The largest absolute Gasteiger partial charge is 0.341 e. The zero-order valence-electron chi connectivity index (χ0n) is 12.3. The minimum Gasteiger partial charge on any atom is -0.341 e. The van der Waals surface area contributed by atoms with E-state index in [4.69, 9.17) is 0 Å². The van der Waals surface area contributed by atoms with Crippen molar-refractivity contribution in [3.8, 4) is 0 Å². The summed E-state index contributed by atoms with van der Waals surface area (Å²) in [7, 11) is 0. The molecule has 1 aromatic carbocycles. The lowest BCUT2D eigenvalue weighted by molar-refractivity contribution is -0.131. The molecule has 1 atom stereocenters. The first-order valence-electron chi connectivity index (χ1n) is 7.19. The Hall–Kier alpha value is -2.63. The zero-order valence-corrected chi connectivity index (χ0v) is 12.3. The van der Waals surface area contributed by atoms with E-state index < -0.39 is 11.9 Å². The maximum atomic E-state index is 11.7. The summed E-state index contributed by atoms with van der Waals surface area (Å²) in [6.07, 6.45) is 4.74. The molecule has 2 rings (SSSR count). The summed E-state index contributed by atoms with van der Waals surface area (Å²) in [4.78, 5) is 34.8. The number of nitrogens with one attached hydrogen (secondary N) is 3. The van der Waals surface area contributed by atoms with Gasteiger partial charge < -0.3 is 5.32 Å². The van der Waals surface area contributed by atoms with Crippen LogP contribution in [0.4, 0.5) is 0 Å². The van der Waals surface area contributed by atoms with Crippen molar-refractivity contribution in [2.75, 3.05) is 0 Å². The molecule has 0 radical (unpaired) electrons. The van der Waals surface area contributed by atoms with E-state index in [1.54, 1.807) is 13.0 Å². The van der Waals surface area contributed by atoms with E-state index in [2.05, 4.69) is 16.2 Å². The van der Waals surface area contributed by atoms with Crippen molar-refractivity contribution in [2.24, 2.45) is 5.92 Å². The number of benzene rings is 1. The van der Waals surface area contributed by atoms with Crippen LogP contribution in [0.25, 0.3) is 6.08 Å². The Kier molecular flexibility index (Phi) is 5.30. The molecule has 6 heteroatoms. The Morgan fingerprint density at radius 1 is 1.14 bits per heavy atom. The van der Waals surface area contributed by atoms with E-state index in [0.29, 0.717) is 0 Å². The summed E-state index contributed by atoms with van der Waals surface area (Å²) < 4.78 is 0. The lowest BCUT2D eigenvalue weighted by Gasteiger charge is -2.13. The van der Waals surface area contributed by atoms with Crippen LogP contribution in [0.15, 0.2) is 36.4 Å². The Morgan fingerprint density at radius 2 is 1.82 bits per heavy atom. The van der Waals surface area contributed by atoms with Gasteiger partial charge in [0, 0.05) is 12.0 Å². The second kappa shape index (κ2) is 7.40. The standard InChI is InChI=1S/C16H19N3O3/c1-11(15(21)18-19-16(22)13-8-9-13)17-14(20)10-7-12-5-3-2-4-6-12/h2-7,10-11,13H,8-9H2,1H3,(H,17,20)(H,18,21)(H,19,22)/b10-7+. The van der Waals surface area contributed by atoms with Crippen molar-refractivity contribution >= 4 is 23.8 Å². The van der Waals surface area contributed by atoms with Crippen molar-refractivity contribution in [3.05, 3.63) is 42.0 Å².